The Morgan fingerprint density at radius 3 is 2.36 bits per heavy atom. The summed E-state index contributed by atoms with van der Waals surface area (Å²) in [6.45, 7) is 3.40. The Morgan fingerprint density at radius 1 is 1.20 bits per heavy atom. The zero-order chi connectivity index (χ0) is 18.6. The van der Waals surface area contributed by atoms with E-state index in [2.05, 4.69) is 10.1 Å². The van der Waals surface area contributed by atoms with Crippen molar-refractivity contribution in [1.82, 2.24) is 15.0 Å². The molecular weight excluding hydrogens is 337 g/mol. The van der Waals surface area contributed by atoms with Gasteiger partial charge in [-0.3, -0.25) is 4.90 Å². The van der Waals surface area contributed by atoms with Crippen LogP contribution in [0.15, 0.2) is 16.7 Å². The average molecular weight is 358 g/mol. The molecule has 0 unspecified atom stereocenters. The van der Waals surface area contributed by atoms with Crippen molar-refractivity contribution in [3.8, 4) is 5.75 Å². The molecule has 1 heterocycles. The molecule has 0 fully saturated rings. The lowest BCUT2D eigenvalue weighted by molar-refractivity contribution is -0.153. The molecule has 25 heavy (non-hydrogen) atoms. The van der Waals surface area contributed by atoms with Gasteiger partial charge in [-0.05, 0) is 37.6 Å². The third-order valence-corrected chi connectivity index (χ3v) is 3.45. The van der Waals surface area contributed by atoms with E-state index in [0.29, 0.717) is 35.9 Å². The van der Waals surface area contributed by atoms with E-state index in [1.165, 1.54) is 0 Å². The molecular formula is C16H21F3N4O2. The molecule has 0 aliphatic heterocycles. The van der Waals surface area contributed by atoms with Gasteiger partial charge in [-0.1, -0.05) is 17.3 Å². The first-order valence-corrected chi connectivity index (χ1v) is 7.67. The van der Waals surface area contributed by atoms with E-state index in [0.717, 1.165) is 5.56 Å². The van der Waals surface area contributed by atoms with Crippen molar-refractivity contribution >= 4 is 0 Å². The molecule has 0 radical (unpaired) electrons. The summed E-state index contributed by atoms with van der Waals surface area (Å²) < 4.78 is 46.9. The molecule has 0 amide bonds. The summed E-state index contributed by atoms with van der Waals surface area (Å²) in [5, 5.41) is 3.83. The van der Waals surface area contributed by atoms with Gasteiger partial charge in [-0.25, -0.2) is 0 Å². The Balaban J connectivity index is 2.02. The van der Waals surface area contributed by atoms with Crippen LogP contribution in [0.1, 0.15) is 28.4 Å². The second-order valence-corrected chi connectivity index (χ2v) is 5.94. The van der Waals surface area contributed by atoms with Crippen LogP contribution in [0.5, 0.6) is 5.75 Å². The predicted molar refractivity (Wildman–Crippen MR) is 84.8 cm³/mol. The molecule has 1 aromatic carbocycles. The van der Waals surface area contributed by atoms with Gasteiger partial charge in [-0.2, -0.15) is 18.2 Å². The van der Waals surface area contributed by atoms with Crippen molar-refractivity contribution < 1.29 is 22.4 Å². The van der Waals surface area contributed by atoms with Gasteiger partial charge >= 0.3 is 6.18 Å². The van der Waals surface area contributed by atoms with E-state index in [9.17, 15) is 13.2 Å². The van der Waals surface area contributed by atoms with Gasteiger partial charge in [-0.15, -0.1) is 0 Å². The largest absolute Gasteiger partial charge is 0.484 e. The molecule has 0 saturated heterocycles. The summed E-state index contributed by atoms with van der Waals surface area (Å²) in [6, 6.07) is 3.63. The second-order valence-electron chi connectivity index (χ2n) is 5.94. The Labute approximate surface area is 143 Å². The van der Waals surface area contributed by atoms with Gasteiger partial charge in [0.1, 0.15) is 5.75 Å². The summed E-state index contributed by atoms with van der Waals surface area (Å²) in [5.41, 5.74) is 7.71. The topological polar surface area (TPSA) is 77.4 Å². The quantitative estimate of drug-likeness (QED) is 0.820. The van der Waals surface area contributed by atoms with E-state index in [1.54, 1.807) is 13.8 Å². The lowest BCUT2D eigenvalue weighted by Crippen LogP contribution is -2.20. The molecule has 0 aliphatic carbocycles. The van der Waals surface area contributed by atoms with Crippen LogP contribution in [0, 0.1) is 13.8 Å². The summed E-state index contributed by atoms with van der Waals surface area (Å²) in [7, 11) is 1.89. The van der Waals surface area contributed by atoms with E-state index in [-0.39, 0.29) is 12.3 Å². The number of ether oxygens (including phenoxy) is 1. The SMILES string of the molecule is Cc1cc(CN(C)Cc2noc(CN)n2)cc(C)c1OCC(F)(F)F. The van der Waals surface area contributed by atoms with Crippen LogP contribution in [0.25, 0.3) is 0 Å². The molecule has 0 saturated carbocycles. The molecule has 0 spiro atoms. The number of benzene rings is 1. The number of rotatable bonds is 7. The van der Waals surface area contributed by atoms with Crippen LogP contribution in [0.3, 0.4) is 0 Å². The third-order valence-electron chi connectivity index (χ3n) is 3.45. The minimum Gasteiger partial charge on any atom is -0.484 e. The molecule has 6 nitrogen and oxygen atoms in total. The van der Waals surface area contributed by atoms with E-state index in [1.807, 2.05) is 24.1 Å². The van der Waals surface area contributed by atoms with Crippen LogP contribution in [-0.4, -0.2) is 34.9 Å². The first-order chi connectivity index (χ1) is 11.7. The number of aromatic nitrogens is 2. The van der Waals surface area contributed by atoms with Crippen LogP contribution in [0.4, 0.5) is 13.2 Å². The zero-order valence-corrected chi connectivity index (χ0v) is 14.4. The third kappa shape index (κ3) is 5.71. The first kappa shape index (κ1) is 19.2. The first-order valence-electron chi connectivity index (χ1n) is 7.67. The van der Waals surface area contributed by atoms with Gasteiger partial charge < -0.3 is 15.0 Å². The van der Waals surface area contributed by atoms with Crippen LogP contribution in [0.2, 0.25) is 0 Å². The highest BCUT2D eigenvalue weighted by molar-refractivity contribution is 5.43. The Bertz CT molecular complexity index is 693. The van der Waals surface area contributed by atoms with E-state index >= 15 is 0 Å². The molecule has 1 aromatic heterocycles. The monoisotopic (exact) mass is 358 g/mol. The van der Waals surface area contributed by atoms with Crippen LogP contribution in [-0.2, 0) is 19.6 Å². The minimum atomic E-state index is -4.36. The maximum absolute atomic E-state index is 12.3. The molecule has 2 rings (SSSR count). The van der Waals surface area contributed by atoms with Crippen molar-refractivity contribution in [3.05, 3.63) is 40.5 Å². The fourth-order valence-electron chi connectivity index (χ4n) is 2.56. The number of nitrogens with two attached hydrogens (primary N) is 1. The van der Waals surface area contributed by atoms with Crippen molar-refractivity contribution in [3.63, 3.8) is 0 Å². The number of aryl methyl sites for hydroxylation is 2. The molecule has 2 aromatic rings. The number of hydrogen-bond donors (Lipinski definition) is 1. The molecule has 0 bridgehead atoms. The van der Waals surface area contributed by atoms with Crippen LogP contribution < -0.4 is 10.5 Å². The Kier molecular flexibility index (Phi) is 6.02. The molecule has 2 N–H and O–H groups in total. The fourth-order valence-corrected chi connectivity index (χ4v) is 2.56. The number of nitrogens with zero attached hydrogens (tertiary/aromatic N) is 3. The van der Waals surface area contributed by atoms with Gasteiger partial charge in [0, 0.05) is 6.54 Å². The van der Waals surface area contributed by atoms with Crippen molar-refractivity contribution in [2.75, 3.05) is 13.7 Å². The lowest BCUT2D eigenvalue weighted by Gasteiger charge is -2.18. The predicted octanol–water partition coefficient (Wildman–Crippen LogP) is 2.72. The van der Waals surface area contributed by atoms with Gasteiger partial charge in [0.05, 0.1) is 13.1 Å². The van der Waals surface area contributed by atoms with E-state index < -0.39 is 12.8 Å². The molecule has 0 aliphatic rings. The highest BCUT2D eigenvalue weighted by Crippen LogP contribution is 2.27. The van der Waals surface area contributed by atoms with Gasteiger partial charge in [0.25, 0.3) is 0 Å². The van der Waals surface area contributed by atoms with Gasteiger partial charge in [0.15, 0.2) is 12.4 Å². The minimum absolute atomic E-state index is 0.189. The molecule has 138 valence electrons. The summed E-state index contributed by atoms with van der Waals surface area (Å²) >= 11 is 0. The average Bonchev–Trinajstić information content (AvgIpc) is 2.92. The number of halogens is 3. The number of alkyl halides is 3. The second kappa shape index (κ2) is 7.83. The molecule has 0 atom stereocenters. The van der Waals surface area contributed by atoms with Crippen LogP contribution >= 0.6 is 0 Å². The smallest absolute Gasteiger partial charge is 0.422 e. The summed E-state index contributed by atoms with van der Waals surface area (Å²) in [6.07, 6.45) is -4.36. The zero-order valence-electron chi connectivity index (χ0n) is 14.4. The Hall–Kier alpha value is -2.13. The van der Waals surface area contributed by atoms with E-state index in [4.69, 9.17) is 15.0 Å². The van der Waals surface area contributed by atoms with Crippen molar-refractivity contribution in [2.24, 2.45) is 5.73 Å². The lowest BCUT2D eigenvalue weighted by atomic mass is 10.1. The number of hydrogen-bond acceptors (Lipinski definition) is 6. The maximum Gasteiger partial charge on any atom is 0.422 e. The van der Waals surface area contributed by atoms with Crippen molar-refractivity contribution in [2.45, 2.75) is 39.7 Å². The van der Waals surface area contributed by atoms with Gasteiger partial charge in [0.2, 0.25) is 5.89 Å². The normalized spacial score (nSPS) is 12.0. The highest BCUT2D eigenvalue weighted by Gasteiger charge is 2.29. The highest BCUT2D eigenvalue weighted by atomic mass is 19.4. The fraction of sp³-hybridized carbons (Fsp3) is 0.500. The summed E-state index contributed by atoms with van der Waals surface area (Å²) in [5.74, 6) is 1.18. The standard InChI is InChI=1S/C16H21F3N4O2/c1-10-4-12(5-11(2)15(10)24-9-16(17,18)19)7-23(3)8-13-21-14(6-20)25-22-13/h4-5H,6-9,20H2,1-3H3. The van der Waals surface area contributed by atoms with Crippen molar-refractivity contribution in [1.29, 1.82) is 0 Å². The summed E-state index contributed by atoms with van der Waals surface area (Å²) in [4.78, 5) is 6.10. The molecule has 9 heteroatoms. The Morgan fingerprint density at radius 2 is 1.84 bits per heavy atom. The maximum atomic E-state index is 12.3.